The van der Waals surface area contributed by atoms with Crippen molar-refractivity contribution in [2.24, 2.45) is 11.8 Å². The zero-order chi connectivity index (χ0) is 12.7. The summed E-state index contributed by atoms with van der Waals surface area (Å²) in [6.07, 6.45) is 2.86. The lowest BCUT2D eigenvalue weighted by molar-refractivity contribution is 0.439. The maximum Gasteiger partial charge on any atom is 0.224 e. The van der Waals surface area contributed by atoms with Crippen molar-refractivity contribution in [2.75, 3.05) is 23.7 Å². The maximum atomic E-state index is 4.41. The second-order valence-corrected chi connectivity index (χ2v) is 4.79. The molecule has 1 unspecified atom stereocenters. The fraction of sp³-hybridized carbons (Fsp3) is 0.692. The Balaban J connectivity index is 2.48. The highest BCUT2D eigenvalue weighted by Gasteiger charge is 2.07. The SMILES string of the molecule is CCCNc1nccc(NCC(C)C(C)C)n1. The van der Waals surface area contributed by atoms with Crippen molar-refractivity contribution in [1.29, 1.82) is 0 Å². The molecule has 4 nitrogen and oxygen atoms in total. The van der Waals surface area contributed by atoms with E-state index in [-0.39, 0.29) is 0 Å². The van der Waals surface area contributed by atoms with Gasteiger partial charge in [0, 0.05) is 19.3 Å². The molecule has 0 radical (unpaired) electrons. The lowest BCUT2D eigenvalue weighted by Gasteiger charge is -2.16. The van der Waals surface area contributed by atoms with Crippen LogP contribution in [0.3, 0.4) is 0 Å². The number of hydrogen-bond acceptors (Lipinski definition) is 4. The van der Waals surface area contributed by atoms with Crippen LogP contribution in [0.5, 0.6) is 0 Å². The molecule has 1 rings (SSSR count). The van der Waals surface area contributed by atoms with Gasteiger partial charge in [0.05, 0.1) is 0 Å². The lowest BCUT2D eigenvalue weighted by Crippen LogP contribution is -2.17. The highest BCUT2D eigenvalue weighted by Crippen LogP contribution is 2.11. The minimum absolute atomic E-state index is 0.636. The largest absolute Gasteiger partial charge is 0.370 e. The van der Waals surface area contributed by atoms with Crippen molar-refractivity contribution < 1.29 is 0 Å². The first-order valence-electron chi connectivity index (χ1n) is 6.44. The van der Waals surface area contributed by atoms with Crippen LogP contribution in [0.25, 0.3) is 0 Å². The van der Waals surface area contributed by atoms with Gasteiger partial charge in [0.25, 0.3) is 0 Å². The van der Waals surface area contributed by atoms with E-state index in [9.17, 15) is 0 Å². The van der Waals surface area contributed by atoms with Gasteiger partial charge in [-0.15, -0.1) is 0 Å². The topological polar surface area (TPSA) is 49.8 Å². The molecule has 0 saturated heterocycles. The van der Waals surface area contributed by atoms with Crippen molar-refractivity contribution in [1.82, 2.24) is 9.97 Å². The van der Waals surface area contributed by atoms with Crippen molar-refractivity contribution in [3.63, 3.8) is 0 Å². The number of nitrogens with one attached hydrogen (secondary N) is 2. The molecule has 2 N–H and O–H groups in total. The molecule has 0 bridgehead atoms. The normalized spacial score (nSPS) is 12.5. The summed E-state index contributed by atoms with van der Waals surface area (Å²) in [5.41, 5.74) is 0. The van der Waals surface area contributed by atoms with Gasteiger partial charge in [0.15, 0.2) is 0 Å². The summed E-state index contributed by atoms with van der Waals surface area (Å²) < 4.78 is 0. The third-order valence-electron chi connectivity index (χ3n) is 2.93. The Morgan fingerprint density at radius 2 is 2.00 bits per heavy atom. The molecule has 1 heterocycles. The molecule has 0 aliphatic rings. The van der Waals surface area contributed by atoms with Gasteiger partial charge in [-0.05, 0) is 24.3 Å². The first-order chi connectivity index (χ1) is 8.13. The van der Waals surface area contributed by atoms with Gasteiger partial charge < -0.3 is 10.6 Å². The maximum absolute atomic E-state index is 4.41. The summed E-state index contributed by atoms with van der Waals surface area (Å²) in [5, 5.41) is 6.53. The van der Waals surface area contributed by atoms with Gasteiger partial charge in [-0.2, -0.15) is 4.98 Å². The first kappa shape index (κ1) is 13.7. The molecule has 0 fully saturated rings. The molecule has 1 atom stereocenters. The highest BCUT2D eigenvalue weighted by atomic mass is 15.1. The number of anilines is 2. The molecule has 1 aromatic rings. The van der Waals surface area contributed by atoms with Crippen LogP contribution in [-0.4, -0.2) is 23.1 Å². The zero-order valence-corrected chi connectivity index (χ0v) is 11.3. The van der Waals surface area contributed by atoms with E-state index in [0.29, 0.717) is 17.8 Å². The Morgan fingerprint density at radius 3 is 2.65 bits per heavy atom. The van der Waals surface area contributed by atoms with E-state index in [1.54, 1.807) is 6.20 Å². The Labute approximate surface area is 104 Å². The van der Waals surface area contributed by atoms with E-state index in [4.69, 9.17) is 0 Å². The second kappa shape index (κ2) is 7.09. The van der Waals surface area contributed by atoms with E-state index >= 15 is 0 Å². The quantitative estimate of drug-likeness (QED) is 0.764. The van der Waals surface area contributed by atoms with Gasteiger partial charge in [0.2, 0.25) is 5.95 Å². The molecule has 0 amide bonds. The zero-order valence-electron chi connectivity index (χ0n) is 11.3. The lowest BCUT2D eigenvalue weighted by atomic mass is 9.98. The van der Waals surface area contributed by atoms with Gasteiger partial charge in [-0.25, -0.2) is 4.98 Å². The summed E-state index contributed by atoms with van der Waals surface area (Å²) in [6, 6.07) is 1.91. The van der Waals surface area contributed by atoms with Crippen LogP contribution in [0.4, 0.5) is 11.8 Å². The Bertz CT molecular complexity index is 325. The van der Waals surface area contributed by atoms with Crippen LogP contribution in [0.1, 0.15) is 34.1 Å². The molecule has 0 spiro atoms. The van der Waals surface area contributed by atoms with Crippen LogP contribution < -0.4 is 10.6 Å². The molecular formula is C13H24N4. The summed E-state index contributed by atoms with van der Waals surface area (Å²) in [5.74, 6) is 2.92. The van der Waals surface area contributed by atoms with Gasteiger partial charge in [-0.3, -0.25) is 0 Å². The molecular weight excluding hydrogens is 212 g/mol. The smallest absolute Gasteiger partial charge is 0.224 e. The summed E-state index contributed by atoms with van der Waals surface area (Å²) in [6.45, 7) is 10.7. The number of hydrogen-bond donors (Lipinski definition) is 2. The van der Waals surface area contributed by atoms with E-state index in [2.05, 4.69) is 48.3 Å². The molecule has 0 aliphatic carbocycles. The monoisotopic (exact) mass is 236 g/mol. The highest BCUT2D eigenvalue weighted by molar-refractivity contribution is 5.39. The number of rotatable bonds is 7. The summed E-state index contributed by atoms with van der Waals surface area (Å²) in [4.78, 5) is 8.59. The van der Waals surface area contributed by atoms with Crippen molar-refractivity contribution in [3.8, 4) is 0 Å². The molecule has 1 aromatic heterocycles. The second-order valence-electron chi connectivity index (χ2n) is 4.79. The van der Waals surface area contributed by atoms with Gasteiger partial charge in [0.1, 0.15) is 5.82 Å². The van der Waals surface area contributed by atoms with E-state index in [1.807, 2.05) is 6.07 Å². The van der Waals surface area contributed by atoms with Crippen molar-refractivity contribution >= 4 is 11.8 Å². The standard InChI is InChI=1S/C13H24N4/c1-5-7-14-13-15-8-6-12(17-13)16-9-11(4)10(2)3/h6,8,10-11H,5,7,9H2,1-4H3,(H2,14,15,16,17). The fourth-order valence-electron chi connectivity index (χ4n) is 1.28. The first-order valence-corrected chi connectivity index (χ1v) is 6.44. The van der Waals surface area contributed by atoms with E-state index < -0.39 is 0 Å². The molecule has 17 heavy (non-hydrogen) atoms. The van der Waals surface area contributed by atoms with Crippen LogP contribution in [0, 0.1) is 11.8 Å². The summed E-state index contributed by atoms with van der Waals surface area (Å²) >= 11 is 0. The van der Waals surface area contributed by atoms with Gasteiger partial charge in [-0.1, -0.05) is 27.7 Å². The van der Waals surface area contributed by atoms with E-state index in [0.717, 1.165) is 25.3 Å². The van der Waals surface area contributed by atoms with E-state index in [1.165, 1.54) is 0 Å². The Morgan fingerprint density at radius 1 is 1.24 bits per heavy atom. The fourth-order valence-corrected chi connectivity index (χ4v) is 1.28. The van der Waals surface area contributed by atoms with Crippen LogP contribution >= 0.6 is 0 Å². The molecule has 96 valence electrons. The number of nitrogens with zero attached hydrogens (tertiary/aromatic N) is 2. The molecule has 4 heteroatoms. The third-order valence-corrected chi connectivity index (χ3v) is 2.93. The molecule has 0 aromatic carbocycles. The van der Waals surface area contributed by atoms with Crippen LogP contribution in [0.2, 0.25) is 0 Å². The predicted molar refractivity (Wildman–Crippen MR) is 73.3 cm³/mol. The Kier molecular flexibility index (Phi) is 5.73. The molecule has 0 aliphatic heterocycles. The van der Waals surface area contributed by atoms with Crippen LogP contribution in [0.15, 0.2) is 12.3 Å². The van der Waals surface area contributed by atoms with Crippen molar-refractivity contribution in [2.45, 2.75) is 34.1 Å². The predicted octanol–water partition coefficient (Wildman–Crippen LogP) is 3.00. The van der Waals surface area contributed by atoms with Gasteiger partial charge >= 0.3 is 0 Å². The minimum atomic E-state index is 0.636. The Hall–Kier alpha value is -1.32. The minimum Gasteiger partial charge on any atom is -0.370 e. The van der Waals surface area contributed by atoms with Crippen LogP contribution in [-0.2, 0) is 0 Å². The average Bonchev–Trinajstić information content (AvgIpc) is 2.33. The third kappa shape index (κ3) is 5.02. The average molecular weight is 236 g/mol. The summed E-state index contributed by atoms with van der Waals surface area (Å²) in [7, 11) is 0. The van der Waals surface area contributed by atoms with Crippen molar-refractivity contribution in [3.05, 3.63) is 12.3 Å². The molecule has 0 saturated carbocycles. The number of aromatic nitrogens is 2.